The minimum Gasteiger partial charge on any atom is -0.101 e. The summed E-state index contributed by atoms with van der Waals surface area (Å²) in [6, 6.07) is 0. The molecule has 1 fully saturated rings. The maximum atomic E-state index is 6.23. The van der Waals surface area contributed by atoms with Crippen molar-refractivity contribution in [1.82, 2.24) is 0 Å². The highest BCUT2D eigenvalue weighted by atomic mass is 35.5. The molecule has 14 heavy (non-hydrogen) atoms. The van der Waals surface area contributed by atoms with Crippen LogP contribution in [0, 0.1) is 18.3 Å². The van der Waals surface area contributed by atoms with Gasteiger partial charge < -0.3 is 0 Å². The second kappa shape index (κ2) is 5.61. The number of rotatable bonds is 5. The molecular weight excluding hydrogens is 215 g/mol. The van der Waals surface area contributed by atoms with Crippen LogP contribution in [-0.4, -0.2) is 4.33 Å². The summed E-state index contributed by atoms with van der Waals surface area (Å²) in [7, 11) is 0. The monoisotopic (exact) mass is 235 g/mol. The predicted octanol–water partition coefficient (Wildman–Crippen LogP) is 4.99. The van der Waals surface area contributed by atoms with Crippen LogP contribution >= 0.6 is 23.2 Å². The standard InChI is InChI=1S/C12H21Cl2/c1-10(2)6-3-4-7-11-8-5-9-12(11,13)14/h6,10-11H,3-5,7-9H2,1-2H3. The molecule has 0 saturated heterocycles. The van der Waals surface area contributed by atoms with E-state index in [4.69, 9.17) is 23.2 Å². The molecule has 2 heteroatoms. The fourth-order valence-corrected chi connectivity index (χ4v) is 2.87. The molecule has 1 saturated carbocycles. The first-order valence-electron chi connectivity index (χ1n) is 5.73. The Kier molecular flexibility index (Phi) is 5.06. The van der Waals surface area contributed by atoms with Gasteiger partial charge in [-0.25, -0.2) is 0 Å². The molecule has 0 nitrogen and oxygen atoms in total. The van der Waals surface area contributed by atoms with Gasteiger partial charge in [0.1, 0.15) is 4.33 Å². The van der Waals surface area contributed by atoms with Gasteiger partial charge in [0.05, 0.1) is 0 Å². The number of hydrogen-bond acceptors (Lipinski definition) is 0. The molecule has 0 N–H and O–H groups in total. The zero-order chi connectivity index (χ0) is 10.6. The van der Waals surface area contributed by atoms with Crippen molar-refractivity contribution < 1.29 is 0 Å². The van der Waals surface area contributed by atoms with Crippen LogP contribution < -0.4 is 0 Å². The SMILES string of the molecule is CC(C)[CH]CCCC1CCCC1(Cl)Cl. The van der Waals surface area contributed by atoms with Crippen LogP contribution in [0.5, 0.6) is 0 Å². The average molecular weight is 236 g/mol. The van der Waals surface area contributed by atoms with Crippen LogP contribution in [0.25, 0.3) is 0 Å². The third kappa shape index (κ3) is 3.98. The van der Waals surface area contributed by atoms with Gasteiger partial charge in [-0.15, -0.1) is 23.2 Å². The highest BCUT2D eigenvalue weighted by molar-refractivity contribution is 6.48. The third-order valence-corrected chi connectivity index (χ3v) is 4.05. The van der Waals surface area contributed by atoms with E-state index < -0.39 is 4.33 Å². The Morgan fingerprint density at radius 2 is 2.14 bits per heavy atom. The van der Waals surface area contributed by atoms with Gasteiger partial charge in [-0.2, -0.15) is 0 Å². The van der Waals surface area contributed by atoms with Crippen LogP contribution in [0.2, 0.25) is 0 Å². The lowest BCUT2D eigenvalue weighted by molar-refractivity contribution is 0.458. The zero-order valence-electron chi connectivity index (χ0n) is 9.23. The second-order valence-corrected chi connectivity index (χ2v) is 6.30. The van der Waals surface area contributed by atoms with Gasteiger partial charge in [-0.3, -0.25) is 0 Å². The molecule has 0 heterocycles. The Morgan fingerprint density at radius 3 is 2.64 bits per heavy atom. The van der Waals surface area contributed by atoms with Gasteiger partial charge in [-0.1, -0.05) is 26.7 Å². The highest BCUT2D eigenvalue weighted by Gasteiger charge is 2.38. The summed E-state index contributed by atoms with van der Waals surface area (Å²) in [6.45, 7) is 4.45. The molecule has 0 aromatic rings. The molecule has 0 aromatic carbocycles. The van der Waals surface area contributed by atoms with E-state index in [1.807, 2.05) is 0 Å². The summed E-state index contributed by atoms with van der Waals surface area (Å²) in [6.07, 6.45) is 9.41. The number of unbranched alkanes of at least 4 members (excludes halogenated alkanes) is 1. The topological polar surface area (TPSA) is 0 Å². The molecule has 1 atom stereocenters. The third-order valence-electron chi connectivity index (χ3n) is 3.05. The summed E-state index contributed by atoms with van der Waals surface area (Å²) in [4.78, 5) is 0. The van der Waals surface area contributed by atoms with Crippen LogP contribution in [0.15, 0.2) is 0 Å². The predicted molar refractivity (Wildman–Crippen MR) is 64.8 cm³/mol. The minimum absolute atomic E-state index is 0.419. The van der Waals surface area contributed by atoms with Gasteiger partial charge in [0.15, 0.2) is 0 Å². The summed E-state index contributed by atoms with van der Waals surface area (Å²) < 4.78 is -0.419. The van der Waals surface area contributed by atoms with Crippen molar-refractivity contribution in [1.29, 1.82) is 0 Å². The first-order valence-corrected chi connectivity index (χ1v) is 6.49. The normalized spacial score (nSPS) is 25.9. The maximum Gasteiger partial charge on any atom is 0.121 e. The van der Waals surface area contributed by atoms with Crippen molar-refractivity contribution in [2.75, 3.05) is 0 Å². The van der Waals surface area contributed by atoms with Crippen LogP contribution in [0.1, 0.15) is 52.4 Å². The molecule has 1 radical (unpaired) electrons. The lowest BCUT2D eigenvalue weighted by Crippen LogP contribution is -2.18. The van der Waals surface area contributed by atoms with Gasteiger partial charge in [-0.05, 0) is 43.9 Å². The number of alkyl halides is 2. The first-order chi connectivity index (χ1) is 6.52. The molecule has 0 bridgehead atoms. The quantitative estimate of drug-likeness (QED) is 0.466. The van der Waals surface area contributed by atoms with E-state index in [1.165, 1.54) is 32.1 Å². The zero-order valence-corrected chi connectivity index (χ0v) is 10.7. The highest BCUT2D eigenvalue weighted by Crippen LogP contribution is 2.46. The number of hydrogen-bond donors (Lipinski definition) is 0. The smallest absolute Gasteiger partial charge is 0.101 e. The van der Waals surface area contributed by atoms with Gasteiger partial charge in [0, 0.05) is 0 Å². The summed E-state index contributed by atoms with van der Waals surface area (Å²) in [5.41, 5.74) is 0. The molecular formula is C12H21Cl2. The van der Waals surface area contributed by atoms with E-state index in [0.717, 1.165) is 6.42 Å². The molecule has 1 aliphatic carbocycles. The Morgan fingerprint density at radius 1 is 1.43 bits per heavy atom. The Bertz CT molecular complexity index is 164. The first kappa shape index (κ1) is 12.6. The summed E-state index contributed by atoms with van der Waals surface area (Å²) in [5, 5.41) is 0. The Hall–Kier alpha value is 0.580. The van der Waals surface area contributed by atoms with Gasteiger partial charge >= 0.3 is 0 Å². The maximum absolute atomic E-state index is 6.23. The molecule has 0 spiro atoms. The lowest BCUT2D eigenvalue weighted by Gasteiger charge is -2.21. The lowest BCUT2D eigenvalue weighted by atomic mass is 9.97. The molecule has 0 aliphatic heterocycles. The van der Waals surface area contributed by atoms with Crippen molar-refractivity contribution in [3.8, 4) is 0 Å². The molecule has 1 aliphatic rings. The molecule has 83 valence electrons. The fourth-order valence-electron chi connectivity index (χ4n) is 2.17. The van der Waals surface area contributed by atoms with E-state index in [1.54, 1.807) is 0 Å². The average Bonchev–Trinajstić information content (AvgIpc) is 2.39. The van der Waals surface area contributed by atoms with Crippen LogP contribution in [-0.2, 0) is 0 Å². The van der Waals surface area contributed by atoms with Crippen molar-refractivity contribution in [3.05, 3.63) is 6.42 Å². The Balaban J connectivity index is 2.12. The van der Waals surface area contributed by atoms with Gasteiger partial charge in [0.25, 0.3) is 0 Å². The molecule has 1 rings (SSSR count). The minimum atomic E-state index is -0.419. The van der Waals surface area contributed by atoms with Crippen molar-refractivity contribution >= 4 is 23.2 Å². The van der Waals surface area contributed by atoms with Crippen LogP contribution in [0.3, 0.4) is 0 Å². The molecule has 0 amide bonds. The Labute approximate surface area is 98.4 Å². The van der Waals surface area contributed by atoms with Crippen molar-refractivity contribution in [3.63, 3.8) is 0 Å². The summed E-state index contributed by atoms with van der Waals surface area (Å²) in [5.74, 6) is 1.24. The van der Waals surface area contributed by atoms with E-state index in [2.05, 4.69) is 20.3 Å². The second-order valence-electron chi connectivity index (χ2n) is 4.76. The number of halogens is 2. The van der Waals surface area contributed by atoms with Crippen molar-refractivity contribution in [2.24, 2.45) is 11.8 Å². The summed E-state index contributed by atoms with van der Waals surface area (Å²) >= 11 is 12.5. The van der Waals surface area contributed by atoms with Crippen LogP contribution in [0.4, 0.5) is 0 Å². The van der Waals surface area contributed by atoms with E-state index in [-0.39, 0.29) is 0 Å². The van der Waals surface area contributed by atoms with Gasteiger partial charge in [0.2, 0.25) is 0 Å². The largest absolute Gasteiger partial charge is 0.121 e. The van der Waals surface area contributed by atoms with E-state index in [0.29, 0.717) is 11.8 Å². The van der Waals surface area contributed by atoms with E-state index in [9.17, 15) is 0 Å². The van der Waals surface area contributed by atoms with E-state index >= 15 is 0 Å². The molecule has 1 unspecified atom stereocenters. The van der Waals surface area contributed by atoms with Crippen molar-refractivity contribution in [2.45, 2.75) is 56.7 Å². The fraction of sp³-hybridized carbons (Fsp3) is 0.917. The molecule has 0 aromatic heterocycles.